The van der Waals surface area contributed by atoms with E-state index < -0.39 is 0 Å². The predicted octanol–water partition coefficient (Wildman–Crippen LogP) is 1.87. The molecule has 0 bridgehead atoms. The molecule has 16 heavy (non-hydrogen) atoms. The third-order valence-electron chi connectivity index (χ3n) is 1.99. The second-order valence-corrected chi connectivity index (χ2v) is 3.47. The summed E-state index contributed by atoms with van der Waals surface area (Å²) in [4.78, 5) is 11.2. The zero-order valence-corrected chi connectivity index (χ0v) is 9.33. The molecular weight excluding hydrogens is 209 g/mol. The molecule has 0 saturated heterocycles. The second kappa shape index (κ2) is 6.95. The number of hydrogen-bond acceptors (Lipinski definition) is 2. The van der Waals surface area contributed by atoms with E-state index in [9.17, 15) is 9.18 Å². The first kappa shape index (κ1) is 12.6. The molecule has 0 aromatic heterocycles. The van der Waals surface area contributed by atoms with Crippen LogP contribution in [0.25, 0.3) is 0 Å². The first-order chi connectivity index (χ1) is 7.72. The first-order valence-electron chi connectivity index (χ1n) is 5.31. The number of ether oxygens (including phenoxy) is 1. The van der Waals surface area contributed by atoms with E-state index in [1.165, 1.54) is 12.1 Å². The molecule has 1 amide bonds. The monoisotopic (exact) mass is 225 g/mol. The maximum atomic E-state index is 12.6. The van der Waals surface area contributed by atoms with E-state index in [0.717, 1.165) is 12.0 Å². The van der Waals surface area contributed by atoms with Gasteiger partial charge in [0.05, 0.1) is 6.61 Å². The molecular formula is C12H16FNO2. The second-order valence-electron chi connectivity index (χ2n) is 3.47. The van der Waals surface area contributed by atoms with Crippen molar-refractivity contribution in [1.29, 1.82) is 0 Å². The zero-order chi connectivity index (χ0) is 11.8. The SMILES string of the molecule is CCCNC(=O)COCc1ccc(F)cc1. The fourth-order valence-corrected chi connectivity index (χ4v) is 1.16. The molecule has 0 aliphatic rings. The van der Waals surface area contributed by atoms with Crippen molar-refractivity contribution in [1.82, 2.24) is 5.32 Å². The average Bonchev–Trinajstić information content (AvgIpc) is 2.29. The van der Waals surface area contributed by atoms with Crippen molar-refractivity contribution >= 4 is 5.91 Å². The number of nitrogens with one attached hydrogen (secondary N) is 1. The quantitative estimate of drug-likeness (QED) is 0.802. The third kappa shape index (κ3) is 4.89. The van der Waals surface area contributed by atoms with Gasteiger partial charge in [-0.05, 0) is 24.1 Å². The smallest absolute Gasteiger partial charge is 0.246 e. The maximum absolute atomic E-state index is 12.6. The van der Waals surface area contributed by atoms with Crippen LogP contribution in [0.15, 0.2) is 24.3 Å². The fraction of sp³-hybridized carbons (Fsp3) is 0.417. The molecule has 1 N–H and O–H groups in total. The topological polar surface area (TPSA) is 38.3 Å². The number of halogens is 1. The summed E-state index contributed by atoms with van der Waals surface area (Å²) in [5.41, 5.74) is 0.852. The Labute approximate surface area is 94.6 Å². The van der Waals surface area contributed by atoms with Crippen LogP contribution in [0.2, 0.25) is 0 Å². The van der Waals surface area contributed by atoms with E-state index in [-0.39, 0.29) is 18.3 Å². The zero-order valence-electron chi connectivity index (χ0n) is 9.33. The normalized spacial score (nSPS) is 10.1. The molecule has 0 aliphatic carbocycles. The van der Waals surface area contributed by atoms with E-state index in [1.54, 1.807) is 12.1 Å². The van der Waals surface area contributed by atoms with Crippen molar-refractivity contribution in [3.8, 4) is 0 Å². The van der Waals surface area contributed by atoms with E-state index in [1.807, 2.05) is 6.92 Å². The summed E-state index contributed by atoms with van der Waals surface area (Å²) in [6.45, 7) is 3.01. The molecule has 88 valence electrons. The van der Waals surface area contributed by atoms with Crippen molar-refractivity contribution in [3.63, 3.8) is 0 Å². The predicted molar refractivity (Wildman–Crippen MR) is 59.4 cm³/mol. The molecule has 0 saturated carbocycles. The first-order valence-corrected chi connectivity index (χ1v) is 5.31. The molecule has 0 heterocycles. The minimum Gasteiger partial charge on any atom is -0.367 e. The Kier molecular flexibility index (Phi) is 5.50. The van der Waals surface area contributed by atoms with Crippen LogP contribution in [0, 0.1) is 5.82 Å². The number of rotatable bonds is 6. The van der Waals surface area contributed by atoms with Gasteiger partial charge in [0.25, 0.3) is 0 Å². The maximum Gasteiger partial charge on any atom is 0.246 e. The molecule has 4 heteroatoms. The van der Waals surface area contributed by atoms with Gasteiger partial charge in [-0.25, -0.2) is 4.39 Å². The summed E-state index contributed by atoms with van der Waals surface area (Å²) in [6.07, 6.45) is 0.906. The minimum absolute atomic E-state index is 0.0391. The summed E-state index contributed by atoms with van der Waals surface area (Å²) < 4.78 is 17.8. The summed E-state index contributed by atoms with van der Waals surface area (Å²) in [5, 5.41) is 2.70. The van der Waals surface area contributed by atoms with Crippen molar-refractivity contribution < 1.29 is 13.9 Å². The van der Waals surface area contributed by atoms with Crippen LogP contribution in [0.1, 0.15) is 18.9 Å². The van der Waals surface area contributed by atoms with E-state index >= 15 is 0 Å². The van der Waals surface area contributed by atoms with Crippen LogP contribution in [0.3, 0.4) is 0 Å². The highest BCUT2D eigenvalue weighted by Crippen LogP contribution is 2.03. The Morgan fingerprint density at radius 3 is 2.69 bits per heavy atom. The molecule has 0 radical (unpaired) electrons. The molecule has 3 nitrogen and oxygen atoms in total. The molecule has 0 atom stereocenters. The Bertz CT molecular complexity index is 324. The lowest BCUT2D eigenvalue weighted by Gasteiger charge is -2.05. The third-order valence-corrected chi connectivity index (χ3v) is 1.99. The number of benzene rings is 1. The minimum atomic E-state index is -0.274. The Morgan fingerprint density at radius 2 is 2.06 bits per heavy atom. The Morgan fingerprint density at radius 1 is 1.38 bits per heavy atom. The largest absolute Gasteiger partial charge is 0.367 e. The molecule has 1 aromatic rings. The summed E-state index contributed by atoms with van der Waals surface area (Å²) in [7, 11) is 0. The molecule has 0 aliphatic heterocycles. The summed E-state index contributed by atoms with van der Waals surface area (Å²) in [6, 6.07) is 6.02. The van der Waals surface area contributed by atoms with Gasteiger partial charge in [-0.3, -0.25) is 4.79 Å². The Hall–Kier alpha value is -1.42. The van der Waals surface area contributed by atoms with Crippen molar-refractivity contribution in [2.24, 2.45) is 0 Å². The standard InChI is InChI=1S/C12H16FNO2/c1-2-7-14-12(15)9-16-8-10-3-5-11(13)6-4-10/h3-6H,2,7-9H2,1H3,(H,14,15). The van der Waals surface area contributed by atoms with E-state index in [2.05, 4.69) is 5.32 Å². The number of carbonyl (C=O) groups excluding carboxylic acids is 1. The van der Waals surface area contributed by atoms with Crippen molar-refractivity contribution in [2.75, 3.05) is 13.2 Å². The molecule has 0 spiro atoms. The average molecular weight is 225 g/mol. The van der Waals surface area contributed by atoms with Crippen molar-refractivity contribution in [3.05, 3.63) is 35.6 Å². The molecule has 0 unspecified atom stereocenters. The van der Waals surface area contributed by atoms with Crippen LogP contribution >= 0.6 is 0 Å². The van der Waals surface area contributed by atoms with Crippen LogP contribution in [0.5, 0.6) is 0 Å². The number of hydrogen-bond donors (Lipinski definition) is 1. The van der Waals surface area contributed by atoms with Gasteiger partial charge in [0.2, 0.25) is 5.91 Å². The highest BCUT2D eigenvalue weighted by molar-refractivity contribution is 5.77. The van der Waals surface area contributed by atoms with E-state index in [0.29, 0.717) is 13.2 Å². The van der Waals surface area contributed by atoms with Crippen LogP contribution in [-0.2, 0) is 16.1 Å². The fourth-order valence-electron chi connectivity index (χ4n) is 1.16. The lowest BCUT2D eigenvalue weighted by molar-refractivity contribution is -0.126. The van der Waals surface area contributed by atoms with Gasteiger partial charge in [0.15, 0.2) is 0 Å². The summed E-state index contributed by atoms with van der Waals surface area (Å²) in [5.74, 6) is -0.395. The Balaban J connectivity index is 2.20. The van der Waals surface area contributed by atoms with Gasteiger partial charge in [-0.1, -0.05) is 19.1 Å². The number of carbonyl (C=O) groups is 1. The van der Waals surface area contributed by atoms with Gasteiger partial charge in [-0.2, -0.15) is 0 Å². The van der Waals surface area contributed by atoms with Gasteiger partial charge >= 0.3 is 0 Å². The lowest BCUT2D eigenvalue weighted by atomic mass is 10.2. The lowest BCUT2D eigenvalue weighted by Crippen LogP contribution is -2.28. The van der Waals surface area contributed by atoms with Gasteiger partial charge in [0.1, 0.15) is 12.4 Å². The van der Waals surface area contributed by atoms with Crippen molar-refractivity contribution in [2.45, 2.75) is 20.0 Å². The van der Waals surface area contributed by atoms with Gasteiger partial charge < -0.3 is 10.1 Å². The molecule has 1 aromatic carbocycles. The number of amides is 1. The molecule has 1 rings (SSSR count). The summed E-state index contributed by atoms with van der Waals surface area (Å²) >= 11 is 0. The molecule has 0 fully saturated rings. The van der Waals surface area contributed by atoms with Crippen LogP contribution in [0.4, 0.5) is 4.39 Å². The van der Waals surface area contributed by atoms with Gasteiger partial charge in [-0.15, -0.1) is 0 Å². The highest BCUT2D eigenvalue weighted by atomic mass is 19.1. The van der Waals surface area contributed by atoms with Crippen LogP contribution < -0.4 is 5.32 Å². The van der Waals surface area contributed by atoms with E-state index in [4.69, 9.17) is 4.74 Å². The van der Waals surface area contributed by atoms with Gasteiger partial charge in [0, 0.05) is 6.54 Å². The highest BCUT2D eigenvalue weighted by Gasteiger charge is 2.00. The van der Waals surface area contributed by atoms with Crippen LogP contribution in [-0.4, -0.2) is 19.1 Å².